The molecule has 25 rings (SSSR count). The highest BCUT2D eigenvalue weighted by Crippen LogP contribution is 2.65. The molecule has 2 aliphatic carbocycles. The standard InChI is InChI=1S/C31H28N2.C26H32N2.C25H30N2.C25H24N2.C21H24N2/c1-22-14-10-12-20-28(22)32-23(2)30-31(25-15-6-4-7-16-25,26-17-8-5-9-18-26)27-19-11-13-21-29(27)33(30)24(32)3;1-18-12-8-10-16-23(18)27-19(2)25-26(4,21-13-6-5-7-14-21)22-15-9-11-17-24(22)28(25)20(27)3;1-17-11-5-9-15-22(17)26-18(2)24-25(4,20-12-6-7-13-20)21-14-8-10-16-23(21)27(24)19(26)3;1-17-11-7-9-15-22(17)26-18(2)25-24(20-12-5-4-6-13-20)21-14-8-10-16-23(21)27(25)19(26)3;1-14-10-6-8-12-18(14)22-15(2)20-21(4,5)17-11-7-9-13-19(17)23(20)16(22)3/h4-21,24H,1-3H3;8-12,15-17,20-21H,5-7,13-14H2,1-4H3;5,8-11,14-16,19-20H,6-7,12-13H2,1-4H3;4-16,19,24H,1-3H3;6-13,16H,1-5H3/i;2*3D3;24D;3D3. The summed E-state index contributed by atoms with van der Waals surface area (Å²) in [5, 5.41) is 0. The first-order chi connectivity index (χ1) is 70.9. The summed E-state index contributed by atoms with van der Waals surface area (Å²) in [5.41, 5.74) is 37.3. The number of nitrogens with zero attached hydrogens (tertiary/aromatic N) is 10. The molecule has 0 bridgehead atoms. The molecule has 8 atom stereocenters. The number of allylic oxidation sites excluding steroid dienone is 10. The normalized spacial score (nSPS) is 24.9. The van der Waals surface area contributed by atoms with Gasteiger partial charge < -0.3 is 49.0 Å². The maximum absolute atomic E-state index is 9.73. The van der Waals surface area contributed by atoms with Crippen molar-refractivity contribution in [2.45, 2.75) is 248 Å². The number of aryl methyl sites for hydroxylation is 5. The van der Waals surface area contributed by atoms with Crippen molar-refractivity contribution in [1.82, 2.24) is 0 Å². The van der Waals surface area contributed by atoms with Crippen molar-refractivity contribution in [3.05, 3.63) is 463 Å². The number of rotatable bonds is 10. The Balaban J connectivity index is 0.000000109. The van der Waals surface area contributed by atoms with E-state index in [1.807, 2.05) is 127 Å². The van der Waals surface area contributed by atoms with Crippen molar-refractivity contribution >= 4 is 56.9 Å². The molecule has 2 fully saturated rings. The van der Waals surface area contributed by atoms with Crippen LogP contribution in [0.3, 0.4) is 0 Å². The molecule has 0 spiro atoms. The van der Waals surface area contributed by atoms with Gasteiger partial charge in [-0.1, -0.05) is 319 Å². The predicted molar refractivity (Wildman–Crippen MR) is 581 cm³/mol. The fourth-order valence-corrected chi connectivity index (χ4v) is 26.9. The first-order valence-electron chi connectivity index (χ1n) is 55.3. The predicted octanol–water partition coefficient (Wildman–Crippen LogP) is 31.6. The fraction of sp³-hybridized carbons (Fsp3) is 0.312. The van der Waals surface area contributed by atoms with Gasteiger partial charge in [0.05, 0.1) is 34.1 Å². The highest BCUT2D eigenvalue weighted by atomic mass is 15.5. The van der Waals surface area contributed by atoms with Gasteiger partial charge in [-0.05, 0) is 288 Å². The molecule has 10 nitrogen and oxygen atoms in total. The van der Waals surface area contributed by atoms with Crippen LogP contribution in [0, 0.1) is 46.5 Å². The minimum absolute atomic E-state index is 0.119. The van der Waals surface area contributed by atoms with Crippen LogP contribution in [0.5, 0.6) is 0 Å². The molecule has 13 aromatic carbocycles. The van der Waals surface area contributed by atoms with Crippen molar-refractivity contribution in [2.24, 2.45) is 11.8 Å². The van der Waals surface area contributed by atoms with Crippen molar-refractivity contribution < 1.29 is 13.7 Å². The number of anilines is 10. The molecule has 10 aliphatic heterocycles. The maximum atomic E-state index is 9.73. The van der Waals surface area contributed by atoms with Gasteiger partial charge in [0.2, 0.25) is 0 Å². The number of hydrogen-bond acceptors (Lipinski definition) is 10. The van der Waals surface area contributed by atoms with E-state index in [0.29, 0.717) is 11.8 Å². The van der Waals surface area contributed by atoms with E-state index in [2.05, 4.69) is 367 Å². The highest BCUT2D eigenvalue weighted by Gasteiger charge is 2.60. The molecule has 2 saturated carbocycles. The zero-order chi connectivity index (χ0) is 104. The molecule has 700 valence electrons. The van der Waals surface area contributed by atoms with Gasteiger partial charge in [-0.25, -0.2) is 0 Å². The first-order valence-corrected chi connectivity index (χ1v) is 50.3. The van der Waals surface area contributed by atoms with Crippen LogP contribution in [0.2, 0.25) is 0 Å². The van der Waals surface area contributed by atoms with E-state index in [-0.39, 0.29) is 34.0 Å². The molecule has 0 N–H and O–H groups in total. The van der Waals surface area contributed by atoms with Gasteiger partial charge in [-0.3, -0.25) is 0 Å². The molecular formula is C128H138N10. The summed E-state index contributed by atoms with van der Waals surface area (Å²) in [6, 6.07) is 116. The summed E-state index contributed by atoms with van der Waals surface area (Å²) in [7, 11) is 0. The van der Waals surface area contributed by atoms with Gasteiger partial charge in [-0.2, -0.15) is 0 Å². The quantitative estimate of drug-likeness (QED) is 0.132. The molecule has 10 heterocycles. The molecular weight excluding hydrogens is 1680 g/mol. The fourth-order valence-electron chi connectivity index (χ4n) is 26.9. The number of para-hydroxylation sites is 10. The Morgan fingerprint density at radius 3 is 0.920 bits per heavy atom. The Labute approximate surface area is 837 Å². The number of fused-ring (bicyclic) bond motifs is 15. The maximum Gasteiger partial charge on any atom is 0.108 e. The number of benzene rings is 13. The van der Waals surface area contributed by atoms with Crippen LogP contribution in [0.25, 0.3) is 0 Å². The van der Waals surface area contributed by atoms with Crippen molar-refractivity contribution in [3.8, 4) is 0 Å². The van der Waals surface area contributed by atoms with E-state index in [9.17, 15) is 1.37 Å². The third kappa shape index (κ3) is 14.0. The molecule has 0 amide bonds. The van der Waals surface area contributed by atoms with Crippen LogP contribution in [-0.2, 0) is 21.7 Å². The van der Waals surface area contributed by atoms with Crippen LogP contribution in [0.15, 0.2) is 391 Å². The zero-order valence-corrected chi connectivity index (χ0v) is 83.1. The Morgan fingerprint density at radius 1 is 0.246 bits per heavy atom. The Morgan fingerprint density at radius 2 is 0.522 bits per heavy atom. The second-order valence-corrected chi connectivity index (χ2v) is 40.8. The van der Waals surface area contributed by atoms with Crippen molar-refractivity contribution in [2.75, 3.05) is 49.0 Å². The summed E-state index contributed by atoms with van der Waals surface area (Å²) in [6.45, 7) is 28.5. The second-order valence-electron chi connectivity index (χ2n) is 40.8. The molecule has 10 heteroatoms. The van der Waals surface area contributed by atoms with Gasteiger partial charge in [0.1, 0.15) is 30.8 Å². The molecule has 0 radical (unpaired) electrons. The molecule has 13 aromatic rings. The summed E-state index contributed by atoms with van der Waals surface area (Å²) >= 11 is 0. The van der Waals surface area contributed by atoms with Gasteiger partial charge in [-0.15, -0.1) is 0 Å². The SMILES string of the molecule is CC1=C2N(c3ccccc3C2(c2ccccc2)c2ccccc2)C(C)N1c1ccccc1C.[2H]C([2H])([2H])C1N(c2ccccc2C)C(C)=C2N1c1ccccc1C2(C)C.[2H]C([2H])([2H])C1N(c2ccccc2C)C(C)=C2N1c1ccccc1C2(C)C1CCCC1.[2H]C([2H])([2H])C1N(c2ccccc2C)C(C)=C2N1c1ccccc1C2(C)C1CCCCC1.[2H]C1(c2ccccc2)C2=C(C)N(c3ccccc3C)C(C)N2c2ccccc21. The van der Waals surface area contributed by atoms with Crippen LogP contribution < -0.4 is 49.0 Å². The van der Waals surface area contributed by atoms with Gasteiger partial charge in [0.15, 0.2) is 0 Å². The van der Waals surface area contributed by atoms with Crippen molar-refractivity contribution in [3.63, 3.8) is 0 Å². The highest BCUT2D eigenvalue weighted by molar-refractivity contribution is 5.87. The van der Waals surface area contributed by atoms with E-state index in [4.69, 9.17) is 12.3 Å². The van der Waals surface area contributed by atoms with E-state index in [1.165, 1.54) is 142 Å². The molecule has 0 saturated heterocycles. The van der Waals surface area contributed by atoms with Crippen molar-refractivity contribution in [1.29, 1.82) is 0 Å². The molecule has 12 aliphatic rings. The Kier molecular flexibility index (Phi) is 20.7. The van der Waals surface area contributed by atoms with E-state index in [1.54, 1.807) is 0 Å². The average Bonchev–Trinajstić information content (AvgIpc) is 1.50. The van der Waals surface area contributed by atoms with Crippen LogP contribution in [0.4, 0.5) is 56.9 Å². The Hall–Kier alpha value is -13.4. The Bertz CT molecular complexity index is 7390. The lowest BCUT2D eigenvalue weighted by atomic mass is 9.65. The summed E-state index contributed by atoms with van der Waals surface area (Å²) in [6.07, 6.45) is 9.30. The van der Waals surface area contributed by atoms with Gasteiger partial charge in [0.25, 0.3) is 0 Å². The van der Waals surface area contributed by atoms with Crippen LogP contribution in [0.1, 0.15) is 246 Å². The lowest BCUT2D eigenvalue weighted by molar-refractivity contribution is 0.254. The zero-order valence-electron chi connectivity index (χ0n) is 93.1. The minimum Gasteiger partial charge on any atom is -0.322 e. The molecule has 0 aromatic heterocycles. The monoisotopic (exact) mass is 1830 g/mol. The van der Waals surface area contributed by atoms with E-state index < -0.39 is 44.9 Å². The van der Waals surface area contributed by atoms with Gasteiger partial charge in [0, 0.05) is 121 Å². The van der Waals surface area contributed by atoms with E-state index in [0.717, 1.165) is 102 Å². The lowest BCUT2D eigenvalue weighted by Gasteiger charge is -2.39. The second kappa shape index (κ2) is 35.8. The topological polar surface area (TPSA) is 32.4 Å². The van der Waals surface area contributed by atoms with Crippen LogP contribution in [-0.4, -0.2) is 30.8 Å². The third-order valence-electron chi connectivity index (χ3n) is 33.1. The number of hydrogen-bond donors (Lipinski definition) is 0. The van der Waals surface area contributed by atoms with Crippen LogP contribution >= 0.6 is 0 Å². The summed E-state index contributed by atoms with van der Waals surface area (Å²) < 4.78 is 85.9. The average molecular weight is 1830 g/mol. The summed E-state index contributed by atoms with van der Waals surface area (Å²) in [4.78, 5) is 22.4. The summed E-state index contributed by atoms with van der Waals surface area (Å²) in [5.74, 6) is 0.169. The minimum atomic E-state index is -2.16. The van der Waals surface area contributed by atoms with Gasteiger partial charge >= 0.3 is 0 Å². The molecule has 8 unspecified atom stereocenters. The third-order valence-corrected chi connectivity index (χ3v) is 33.1. The largest absolute Gasteiger partial charge is 0.322 e. The van der Waals surface area contributed by atoms with E-state index >= 15 is 0 Å². The first kappa shape index (κ1) is 79.6. The lowest BCUT2D eigenvalue weighted by Crippen LogP contribution is -2.39. The smallest absolute Gasteiger partial charge is 0.108 e. The molecule has 138 heavy (non-hydrogen) atoms.